The molecule has 0 radical (unpaired) electrons. The summed E-state index contributed by atoms with van der Waals surface area (Å²) in [7, 11) is 1.34. The number of ether oxygens (including phenoxy) is 1. The molecule has 0 aliphatic rings. The molecule has 0 aliphatic heterocycles. The Balaban J connectivity index is 2.78. The van der Waals surface area contributed by atoms with Crippen LogP contribution in [0.4, 0.5) is 10.1 Å². The highest BCUT2D eigenvalue weighted by Crippen LogP contribution is 2.15. The van der Waals surface area contributed by atoms with Gasteiger partial charge < -0.3 is 10.1 Å². The number of carbonyl (C=O) groups excluding carboxylic acids is 1. The molecule has 0 aromatic heterocycles. The fraction of sp³-hybridized carbons (Fsp3) is 0.417. The largest absolute Gasteiger partial charge is 0.467 e. The van der Waals surface area contributed by atoms with Crippen LogP contribution in [0.15, 0.2) is 18.2 Å². The van der Waals surface area contributed by atoms with E-state index in [1.165, 1.54) is 13.2 Å². The van der Waals surface area contributed by atoms with Crippen LogP contribution >= 0.6 is 0 Å². The lowest BCUT2D eigenvalue weighted by Gasteiger charge is -2.15. The quantitative estimate of drug-likeness (QED) is 0.800. The molecule has 0 saturated carbocycles. The topological polar surface area (TPSA) is 38.3 Å². The van der Waals surface area contributed by atoms with Crippen molar-refractivity contribution in [2.24, 2.45) is 0 Å². The molecule has 1 atom stereocenters. The minimum Gasteiger partial charge on any atom is -0.467 e. The third-order valence-corrected chi connectivity index (χ3v) is 2.41. The summed E-state index contributed by atoms with van der Waals surface area (Å²) in [5.74, 6) is -0.631. The monoisotopic (exact) mass is 225 g/mol. The van der Waals surface area contributed by atoms with Crippen LogP contribution in [-0.2, 0) is 9.53 Å². The number of benzene rings is 1. The normalized spacial score (nSPS) is 12.0. The first-order chi connectivity index (χ1) is 7.58. The fourth-order valence-electron chi connectivity index (χ4n) is 1.35. The van der Waals surface area contributed by atoms with Crippen LogP contribution in [0.3, 0.4) is 0 Å². The Hall–Kier alpha value is -1.58. The van der Waals surface area contributed by atoms with E-state index < -0.39 is 6.04 Å². The lowest BCUT2D eigenvalue weighted by atomic mass is 10.1. The van der Waals surface area contributed by atoms with Gasteiger partial charge in [-0.2, -0.15) is 0 Å². The van der Waals surface area contributed by atoms with E-state index in [4.69, 9.17) is 0 Å². The molecule has 0 amide bonds. The van der Waals surface area contributed by atoms with Crippen LogP contribution in [0.5, 0.6) is 0 Å². The van der Waals surface area contributed by atoms with Crippen molar-refractivity contribution < 1.29 is 13.9 Å². The van der Waals surface area contributed by atoms with Crippen LogP contribution in [-0.4, -0.2) is 19.1 Å². The van der Waals surface area contributed by atoms with Gasteiger partial charge in [-0.1, -0.05) is 13.0 Å². The van der Waals surface area contributed by atoms with Gasteiger partial charge in [-0.25, -0.2) is 9.18 Å². The third-order valence-electron chi connectivity index (χ3n) is 2.41. The van der Waals surface area contributed by atoms with Crippen molar-refractivity contribution in [2.45, 2.75) is 26.3 Å². The first-order valence-corrected chi connectivity index (χ1v) is 5.19. The van der Waals surface area contributed by atoms with Crippen molar-refractivity contribution in [3.8, 4) is 0 Å². The van der Waals surface area contributed by atoms with Crippen molar-refractivity contribution >= 4 is 11.7 Å². The molecule has 0 fully saturated rings. The SMILES string of the molecule is CCC(Nc1ccc(C)c(F)c1)C(=O)OC. The molecule has 4 heteroatoms. The zero-order valence-electron chi connectivity index (χ0n) is 9.71. The first-order valence-electron chi connectivity index (χ1n) is 5.19. The Morgan fingerprint density at radius 2 is 2.25 bits per heavy atom. The Bertz CT molecular complexity index is 379. The van der Waals surface area contributed by atoms with Gasteiger partial charge in [-0.15, -0.1) is 0 Å². The van der Waals surface area contributed by atoms with Crippen molar-refractivity contribution in [1.29, 1.82) is 0 Å². The summed E-state index contributed by atoms with van der Waals surface area (Å²) in [4.78, 5) is 11.3. The molecular formula is C12H16FNO2. The molecule has 3 nitrogen and oxygen atoms in total. The highest BCUT2D eigenvalue weighted by atomic mass is 19.1. The Morgan fingerprint density at radius 1 is 1.56 bits per heavy atom. The lowest BCUT2D eigenvalue weighted by molar-refractivity contribution is -0.141. The van der Waals surface area contributed by atoms with Gasteiger partial charge in [0.1, 0.15) is 11.9 Å². The minimum atomic E-state index is -0.438. The van der Waals surface area contributed by atoms with Crippen molar-refractivity contribution in [1.82, 2.24) is 0 Å². The Morgan fingerprint density at radius 3 is 2.75 bits per heavy atom. The maximum Gasteiger partial charge on any atom is 0.328 e. The van der Waals surface area contributed by atoms with E-state index >= 15 is 0 Å². The second kappa shape index (κ2) is 5.49. The number of rotatable bonds is 4. The summed E-state index contributed by atoms with van der Waals surface area (Å²) in [6.45, 7) is 3.55. The maximum absolute atomic E-state index is 13.3. The van der Waals surface area contributed by atoms with E-state index in [0.717, 1.165) is 0 Å². The number of esters is 1. The van der Waals surface area contributed by atoms with Crippen molar-refractivity contribution in [3.05, 3.63) is 29.6 Å². The highest BCUT2D eigenvalue weighted by molar-refractivity contribution is 5.79. The molecule has 0 aliphatic carbocycles. The highest BCUT2D eigenvalue weighted by Gasteiger charge is 2.16. The molecule has 88 valence electrons. The number of hydrogen-bond acceptors (Lipinski definition) is 3. The maximum atomic E-state index is 13.3. The molecule has 16 heavy (non-hydrogen) atoms. The van der Waals surface area contributed by atoms with Gasteiger partial charge in [0.15, 0.2) is 0 Å². The number of methoxy groups -OCH3 is 1. The van der Waals surface area contributed by atoms with Crippen LogP contribution in [0, 0.1) is 12.7 Å². The summed E-state index contributed by atoms with van der Waals surface area (Å²) in [6.07, 6.45) is 0.585. The number of nitrogens with one attached hydrogen (secondary N) is 1. The molecule has 0 heterocycles. The van der Waals surface area contributed by atoms with Crippen LogP contribution in [0.2, 0.25) is 0 Å². The van der Waals surface area contributed by atoms with Gasteiger partial charge in [0.05, 0.1) is 7.11 Å². The van der Waals surface area contributed by atoms with Crippen LogP contribution < -0.4 is 5.32 Å². The van der Waals surface area contributed by atoms with E-state index in [0.29, 0.717) is 17.7 Å². The van der Waals surface area contributed by atoms with E-state index in [9.17, 15) is 9.18 Å². The lowest BCUT2D eigenvalue weighted by Crippen LogP contribution is -2.29. The number of anilines is 1. The summed E-state index contributed by atoms with van der Waals surface area (Å²) < 4.78 is 17.9. The molecular weight excluding hydrogens is 209 g/mol. The fourth-order valence-corrected chi connectivity index (χ4v) is 1.35. The molecule has 0 saturated heterocycles. The number of carbonyl (C=O) groups is 1. The summed E-state index contributed by atoms with van der Waals surface area (Å²) in [5, 5.41) is 2.93. The summed E-state index contributed by atoms with van der Waals surface area (Å²) >= 11 is 0. The van der Waals surface area contributed by atoms with Crippen molar-refractivity contribution in [2.75, 3.05) is 12.4 Å². The van der Waals surface area contributed by atoms with E-state index in [-0.39, 0.29) is 11.8 Å². The van der Waals surface area contributed by atoms with Gasteiger partial charge in [0, 0.05) is 5.69 Å². The summed E-state index contributed by atoms with van der Waals surface area (Å²) in [5.41, 5.74) is 1.16. The van der Waals surface area contributed by atoms with Gasteiger partial charge in [0.25, 0.3) is 0 Å². The Kier molecular flexibility index (Phi) is 4.28. The Labute approximate surface area is 94.6 Å². The van der Waals surface area contributed by atoms with Gasteiger partial charge >= 0.3 is 5.97 Å². The second-order valence-electron chi connectivity index (χ2n) is 3.59. The van der Waals surface area contributed by atoms with Gasteiger partial charge in [-0.3, -0.25) is 0 Å². The zero-order chi connectivity index (χ0) is 12.1. The minimum absolute atomic E-state index is 0.287. The van der Waals surface area contributed by atoms with E-state index in [1.807, 2.05) is 6.92 Å². The molecule has 1 N–H and O–H groups in total. The molecule has 0 spiro atoms. The number of hydrogen-bond donors (Lipinski definition) is 1. The van der Waals surface area contributed by atoms with Gasteiger partial charge in [0.2, 0.25) is 0 Å². The molecule has 1 unspecified atom stereocenters. The van der Waals surface area contributed by atoms with E-state index in [2.05, 4.69) is 10.1 Å². The molecule has 0 bridgehead atoms. The second-order valence-corrected chi connectivity index (χ2v) is 3.59. The summed E-state index contributed by atoms with van der Waals surface area (Å²) in [6, 6.07) is 4.35. The predicted molar refractivity (Wildman–Crippen MR) is 60.9 cm³/mol. The standard InChI is InChI=1S/C12H16FNO2/c1-4-11(12(15)16-3)14-9-6-5-8(2)10(13)7-9/h5-7,11,14H,4H2,1-3H3. The number of aryl methyl sites for hydroxylation is 1. The zero-order valence-corrected chi connectivity index (χ0v) is 9.71. The van der Waals surface area contributed by atoms with Crippen LogP contribution in [0.1, 0.15) is 18.9 Å². The van der Waals surface area contributed by atoms with Gasteiger partial charge in [-0.05, 0) is 31.0 Å². The molecule has 1 aromatic carbocycles. The first kappa shape index (κ1) is 12.5. The molecule has 1 aromatic rings. The third kappa shape index (κ3) is 2.95. The number of halogens is 1. The molecule has 1 rings (SSSR count). The average molecular weight is 225 g/mol. The van der Waals surface area contributed by atoms with E-state index in [1.54, 1.807) is 19.1 Å². The van der Waals surface area contributed by atoms with Crippen LogP contribution in [0.25, 0.3) is 0 Å². The smallest absolute Gasteiger partial charge is 0.328 e. The average Bonchev–Trinajstić information content (AvgIpc) is 2.29. The predicted octanol–water partition coefficient (Wildman–Crippen LogP) is 2.50. The van der Waals surface area contributed by atoms with Crippen molar-refractivity contribution in [3.63, 3.8) is 0 Å².